The molecule has 0 spiro atoms. The molecule has 2 aromatic carbocycles. The van der Waals surface area contributed by atoms with Crippen LogP contribution in [0.4, 0.5) is 5.69 Å². The Labute approximate surface area is 150 Å². The van der Waals surface area contributed by atoms with Crippen LogP contribution in [0, 0.1) is 0 Å². The first kappa shape index (κ1) is 15.5. The number of hydrogen-bond donors (Lipinski definition) is 1. The molecule has 2 aromatic rings. The van der Waals surface area contributed by atoms with E-state index in [4.69, 9.17) is 27.9 Å². The lowest BCUT2D eigenvalue weighted by Crippen LogP contribution is -2.20. The minimum absolute atomic E-state index is 0.113. The van der Waals surface area contributed by atoms with Crippen molar-refractivity contribution in [3.05, 3.63) is 54.9 Å². The minimum atomic E-state index is 0.113. The number of benzene rings is 2. The van der Waals surface area contributed by atoms with E-state index in [2.05, 4.69) is 37.2 Å². The largest absolute Gasteiger partial charge is 0.492 e. The molecule has 0 saturated heterocycles. The van der Waals surface area contributed by atoms with E-state index in [1.165, 1.54) is 0 Å². The number of anilines is 1. The van der Waals surface area contributed by atoms with E-state index >= 15 is 0 Å². The van der Waals surface area contributed by atoms with Crippen LogP contribution in [0.2, 0.25) is 10.0 Å². The summed E-state index contributed by atoms with van der Waals surface area (Å²) in [5.74, 6) is 0.720. The van der Waals surface area contributed by atoms with Gasteiger partial charge in [0, 0.05) is 31.6 Å². The van der Waals surface area contributed by atoms with Crippen LogP contribution in [-0.2, 0) is 0 Å². The molecule has 2 nitrogen and oxygen atoms in total. The average Bonchev–Trinajstić information content (AvgIpc) is 2.42. The molecule has 1 atom stereocenters. The summed E-state index contributed by atoms with van der Waals surface area (Å²) in [6.45, 7) is 0.625. The second-order valence-corrected chi connectivity index (χ2v) is 7.38. The Morgan fingerprint density at radius 3 is 2.71 bits per heavy atom. The molecule has 0 fully saturated rings. The first-order chi connectivity index (χ1) is 10.0. The standard InChI is InChI=1S/C15H11Br2Cl2NO/c16-8-1-2-14(11(17)5-8)20-13-3-4-21-15-10(13)6-9(18)7-12(15)19/h1-2,5-7,13,20H,3-4H2. The van der Waals surface area contributed by atoms with Crippen molar-refractivity contribution in [3.63, 3.8) is 0 Å². The molecule has 0 aliphatic carbocycles. The molecule has 1 N–H and O–H groups in total. The van der Waals surface area contributed by atoms with E-state index in [0.717, 1.165) is 32.4 Å². The van der Waals surface area contributed by atoms with Crippen molar-refractivity contribution in [1.82, 2.24) is 0 Å². The van der Waals surface area contributed by atoms with Crippen LogP contribution in [0.3, 0.4) is 0 Å². The summed E-state index contributed by atoms with van der Waals surface area (Å²) in [6, 6.07) is 9.76. The lowest BCUT2D eigenvalue weighted by atomic mass is 10.00. The van der Waals surface area contributed by atoms with E-state index in [1.54, 1.807) is 6.07 Å². The first-order valence-electron chi connectivity index (χ1n) is 6.38. The van der Waals surface area contributed by atoms with Crippen LogP contribution in [-0.4, -0.2) is 6.61 Å². The summed E-state index contributed by atoms with van der Waals surface area (Å²) < 4.78 is 7.70. The third kappa shape index (κ3) is 3.34. The first-order valence-corrected chi connectivity index (χ1v) is 8.72. The lowest BCUT2D eigenvalue weighted by molar-refractivity contribution is 0.274. The van der Waals surface area contributed by atoms with Gasteiger partial charge < -0.3 is 10.1 Å². The fraction of sp³-hybridized carbons (Fsp3) is 0.200. The van der Waals surface area contributed by atoms with Gasteiger partial charge >= 0.3 is 0 Å². The van der Waals surface area contributed by atoms with Crippen molar-refractivity contribution in [2.75, 3.05) is 11.9 Å². The van der Waals surface area contributed by atoms with E-state index < -0.39 is 0 Å². The molecule has 1 heterocycles. The Bertz CT molecular complexity index is 694. The summed E-state index contributed by atoms with van der Waals surface area (Å²) in [7, 11) is 0. The number of halogens is 4. The van der Waals surface area contributed by atoms with E-state index in [0.29, 0.717) is 16.7 Å². The van der Waals surface area contributed by atoms with Crippen LogP contribution >= 0.6 is 55.1 Å². The number of nitrogens with one attached hydrogen (secondary N) is 1. The molecule has 1 unspecified atom stereocenters. The smallest absolute Gasteiger partial charge is 0.143 e. The summed E-state index contributed by atoms with van der Waals surface area (Å²) in [5, 5.41) is 4.69. The van der Waals surface area contributed by atoms with Crippen molar-refractivity contribution in [2.24, 2.45) is 0 Å². The molecule has 1 aliphatic heterocycles. The predicted octanol–water partition coefficient (Wildman–Crippen LogP) is 6.45. The molecular weight excluding hydrogens is 441 g/mol. The lowest BCUT2D eigenvalue weighted by Gasteiger charge is -2.28. The zero-order valence-corrected chi connectivity index (χ0v) is 15.5. The van der Waals surface area contributed by atoms with Crippen molar-refractivity contribution < 1.29 is 4.74 Å². The molecule has 110 valence electrons. The second kappa shape index (κ2) is 6.37. The van der Waals surface area contributed by atoms with Gasteiger partial charge in [0.05, 0.1) is 17.7 Å². The van der Waals surface area contributed by atoms with Gasteiger partial charge in [-0.15, -0.1) is 0 Å². The van der Waals surface area contributed by atoms with E-state index in [1.807, 2.05) is 24.3 Å². The highest BCUT2D eigenvalue weighted by Gasteiger charge is 2.24. The summed E-state index contributed by atoms with van der Waals surface area (Å²) in [6.07, 6.45) is 0.853. The SMILES string of the molecule is Clc1cc(Cl)c2c(c1)C(Nc1ccc(Br)cc1Br)CCO2. The van der Waals surface area contributed by atoms with Gasteiger partial charge in [-0.2, -0.15) is 0 Å². The Morgan fingerprint density at radius 1 is 1.14 bits per heavy atom. The molecule has 3 rings (SSSR count). The second-order valence-electron chi connectivity index (χ2n) is 4.76. The van der Waals surface area contributed by atoms with Gasteiger partial charge in [0.2, 0.25) is 0 Å². The Morgan fingerprint density at radius 2 is 1.95 bits per heavy atom. The van der Waals surface area contributed by atoms with Crippen molar-refractivity contribution in [2.45, 2.75) is 12.5 Å². The fourth-order valence-electron chi connectivity index (χ4n) is 2.37. The topological polar surface area (TPSA) is 21.3 Å². The minimum Gasteiger partial charge on any atom is -0.492 e. The van der Waals surface area contributed by atoms with Gasteiger partial charge in [0.25, 0.3) is 0 Å². The van der Waals surface area contributed by atoms with E-state index in [9.17, 15) is 0 Å². The van der Waals surface area contributed by atoms with Crippen molar-refractivity contribution >= 4 is 60.7 Å². The molecule has 6 heteroatoms. The number of rotatable bonds is 2. The third-order valence-corrected chi connectivity index (χ3v) is 4.97. The van der Waals surface area contributed by atoms with Crippen molar-refractivity contribution in [3.8, 4) is 5.75 Å². The van der Waals surface area contributed by atoms with Gasteiger partial charge in [0.1, 0.15) is 5.75 Å². The Balaban J connectivity index is 1.95. The highest BCUT2D eigenvalue weighted by Crippen LogP contribution is 2.42. The van der Waals surface area contributed by atoms with Crippen molar-refractivity contribution in [1.29, 1.82) is 0 Å². The Kier molecular flexibility index (Phi) is 4.69. The molecule has 0 saturated carbocycles. The van der Waals surface area contributed by atoms with Crippen LogP contribution in [0.5, 0.6) is 5.75 Å². The molecule has 21 heavy (non-hydrogen) atoms. The third-order valence-electron chi connectivity index (χ3n) is 3.33. The maximum atomic E-state index is 6.22. The number of ether oxygens (including phenoxy) is 1. The number of fused-ring (bicyclic) bond motifs is 1. The van der Waals surface area contributed by atoms with Gasteiger partial charge in [-0.25, -0.2) is 0 Å². The summed E-state index contributed by atoms with van der Waals surface area (Å²) in [5.41, 5.74) is 2.01. The predicted molar refractivity (Wildman–Crippen MR) is 94.8 cm³/mol. The Hall–Kier alpha value is -0.420. The highest BCUT2D eigenvalue weighted by molar-refractivity contribution is 9.11. The monoisotopic (exact) mass is 449 g/mol. The molecule has 1 aliphatic rings. The fourth-order valence-corrected chi connectivity index (χ4v) is 4.10. The maximum absolute atomic E-state index is 6.22. The van der Waals surface area contributed by atoms with Gasteiger partial charge in [-0.3, -0.25) is 0 Å². The average molecular weight is 452 g/mol. The maximum Gasteiger partial charge on any atom is 0.143 e. The molecule has 0 amide bonds. The molecule has 0 bridgehead atoms. The zero-order chi connectivity index (χ0) is 15.0. The number of hydrogen-bond acceptors (Lipinski definition) is 2. The van der Waals surface area contributed by atoms with E-state index in [-0.39, 0.29) is 6.04 Å². The summed E-state index contributed by atoms with van der Waals surface area (Å²) >= 11 is 19.4. The normalized spacial score (nSPS) is 17.0. The summed E-state index contributed by atoms with van der Waals surface area (Å²) in [4.78, 5) is 0. The van der Waals surface area contributed by atoms with Gasteiger partial charge in [0.15, 0.2) is 0 Å². The van der Waals surface area contributed by atoms with Crippen LogP contribution < -0.4 is 10.1 Å². The van der Waals surface area contributed by atoms with Gasteiger partial charge in [-0.05, 0) is 46.3 Å². The van der Waals surface area contributed by atoms with Gasteiger partial charge in [-0.1, -0.05) is 39.1 Å². The highest BCUT2D eigenvalue weighted by atomic mass is 79.9. The molecular formula is C15H11Br2Cl2NO. The molecule has 0 radical (unpaired) electrons. The van der Waals surface area contributed by atoms with Crippen LogP contribution in [0.15, 0.2) is 39.3 Å². The van der Waals surface area contributed by atoms with Crippen LogP contribution in [0.1, 0.15) is 18.0 Å². The quantitative estimate of drug-likeness (QED) is 0.566. The van der Waals surface area contributed by atoms with Crippen LogP contribution in [0.25, 0.3) is 0 Å². The zero-order valence-electron chi connectivity index (χ0n) is 10.8. The molecule has 0 aromatic heterocycles.